The molecule has 2 aliphatic heterocycles. The Bertz CT molecular complexity index is 2300. The monoisotopic (exact) mass is 806 g/mol. The minimum absolute atomic E-state index is 0.00868. The lowest BCUT2D eigenvalue weighted by atomic mass is 9.73. The van der Waals surface area contributed by atoms with Crippen LogP contribution in [0.4, 0.5) is 5.82 Å². The highest BCUT2D eigenvalue weighted by Crippen LogP contribution is 2.40. The van der Waals surface area contributed by atoms with E-state index in [0.29, 0.717) is 24.7 Å². The summed E-state index contributed by atoms with van der Waals surface area (Å²) in [6, 6.07) is 16.6. The molecule has 314 valence electrons. The zero-order chi connectivity index (χ0) is 41.9. The minimum Gasteiger partial charge on any atom is -0.382 e. The van der Waals surface area contributed by atoms with Crippen molar-refractivity contribution in [1.29, 1.82) is 0 Å². The molecule has 0 bridgehead atoms. The van der Waals surface area contributed by atoms with Crippen molar-refractivity contribution in [2.75, 3.05) is 25.4 Å². The molecule has 1 aliphatic carbocycles. The number of imidazole rings is 1. The quantitative estimate of drug-likeness (QED) is 0.103. The Kier molecular flexibility index (Phi) is 14.4. The number of rotatable bonds is 15. The first-order valence-corrected chi connectivity index (χ1v) is 22.2. The molecule has 0 spiro atoms. The van der Waals surface area contributed by atoms with Crippen LogP contribution in [0.2, 0.25) is 0 Å². The van der Waals surface area contributed by atoms with Gasteiger partial charge >= 0.3 is 0 Å². The van der Waals surface area contributed by atoms with E-state index >= 15 is 0 Å². The summed E-state index contributed by atoms with van der Waals surface area (Å²) < 4.78 is 2.46. The molecule has 3 unspecified atom stereocenters. The van der Waals surface area contributed by atoms with E-state index in [1.165, 1.54) is 5.56 Å². The molecule has 3 atom stereocenters. The van der Waals surface area contributed by atoms with Gasteiger partial charge in [0.2, 0.25) is 5.91 Å². The number of Topliss-reactive ketones (excluding diaryl/α,β-unsaturated/α-hetero) is 1. The van der Waals surface area contributed by atoms with Crippen LogP contribution in [-0.2, 0) is 35.5 Å². The van der Waals surface area contributed by atoms with Crippen molar-refractivity contribution in [1.82, 2.24) is 30.1 Å². The summed E-state index contributed by atoms with van der Waals surface area (Å²) in [5.41, 5.74) is 12.0. The number of amides is 1. The second kappa shape index (κ2) is 20.3. The zero-order valence-electron chi connectivity index (χ0n) is 35.8. The van der Waals surface area contributed by atoms with E-state index < -0.39 is 5.41 Å². The van der Waals surface area contributed by atoms with Gasteiger partial charge in [-0.1, -0.05) is 123 Å². The third kappa shape index (κ3) is 10.1. The van der Waals surface area contributed by atoms with Gasteiger partial charge in [0.15, 0.2) is 11.6 Å². The first-order chi connectivity index (χ1) is 29.2. The zero-order valence-corrected chi connectivity index (χ0v) is 35.8. The molecule has 2 aromatic heterocycles. The number of piperidine rings is 1. The Morgan fingerprint density at radius 2 is 1.60 bits per heavy atom. The number of pyridine rings is 1. The molecule has 4 aromatic rings. The van der Waals surface area contributed by atoms with Crippen molar-refractivity contribution in [3.8, 4) is 0 Å². The molecule has 4 N–H and O–H groups in total. The first-order valence-electron chi connectivity index (χ1n) is 22.2. The van der Waals surface area contributed by atoms with Crippen LogP contribution in [0, 0.1) is 11.3 Å². The molecule has 9 nitrogen and oxygen atoms in total. The molecule has 60 heavy (non-hydrogen) atoms. The predicted molar refractivity (Wildman–Crippen MR) is 246 cm³/mol. The summed E-state index contributed by atoms with van der Waals surface area (Å²) in [7, 11) is 0. The van der Waals surface area contributed by atoms with Crippen LogP contribution in [0.5, 0.6) is 0 Å². The fourth-order valence-corrected chi connectivity index (χ4v) is 9.08. The molecule has 1 amide bonds. The van der Waals surface area contributed by atoms with Crippen LogP contribution in [0.25, 0.3) is 21.9 Å². The molecule has 0 radical (unpaired) electrons. The van der Waals surface area contributed by atoms with E-state index in [9.17, 15) is 9.59 Å². The minimum atomic E-state index is -0.621. The summed E-state index contributed by atoms with van der Waals surface area (Å²) in [5.74, 6) is 2.48. The lowest BCUT2D eigenvalue weighted by Gasteiger charge is -2.32. The number of benzene rings is 2. The molecule has 2 aromatic carbocycles. The lowest BCUT2D eigenvalue weighted by molar-refractivity contribution is -0.125. The normalized spacial score (nSPS) is 23.6. The third-order valence-electron chi connectivity index (χ3n) is 12.8. The lowest BCUT2D eigenvalue weighted by Crippen LogP contribution is -2.36. The average molecular weight is 806 g/mol. The Balaban J connectivity index is 0.839. The number of anilines is 1. The third-order valence-corrected chi connectivity index (χ3v) is 12.8. The summed E-state index contributed by atoms with van der Waals surface area (Å²) in [6.45, 7) is 11.0. The highest BCUT2D eigenvalue weighted by atomic mass is 16.1. The smallest absolute Gasteiger partial charge is 0.224 e. The Labute approximate surface area is 356 Å². The van der Waals surface area contributed by atoms with Gasteiger partial charge in [0.1, 0.15) is 11.3 Å². The van der Waals surface area contributed by atoms with Crippen LogP contribution in [-0.4, -0.2) is 62.8 Å². The van der Waals surface area contributed by atoms with Gasteiger partial charge < -0.3 is 20.9 Å². The van der Waals surface area contributed by atoms with Crippen molar-refractivity contribution >= 4 is 39.4 Å². The second-order valence-electron chi connectivity index (χ2n) is 17.0. The molecule has 0 saturated carbocycles. The van der Waals surface area contributed by atoms with Crippen LogP contribution in [0.3, 0.4) is 0 Å². The molecule has 3 aliphatic rings. The summed E-state index contributed by atoms with van der Waals surface area (Å²) in [4.78, 5) is 39.0. The topological polar surface area (TPSA) is 118 Å². The summed E-state index contributed by atoms with van der Waals surface area (Å²) in [5, 5.41) is 7.81. The molecule has 2 saturated heterocycles. The number of fused-ring (bicyclic) bond motifs is 3. The maximum atomic E-state index is 13.8. The van der Waals surface area contributed by atoms with E-state index in [2.05, 4.69) is 94.4 Å². The summed E-state index contributed by atoms with van der Waals surface area (Å²) >= 11 is 0. The molecule has 4 heterocycles. The van der Waals surface area contributed by atoms with Crippen molar-refractivity contribution in [3.63, 3.8) is 0 Å². The largest absolute Gasteiger partial charge is 0.382 e. The summed E-state index contributed by atoms with van der Waals surface area (Å²) in [6.07, 6.45) is 30.3. The van der Waals surface area contributed by atoms with Gasteiger partial charge in [-0.25, -0.2) is 9.97 Å². The SMILES string of the molecule is CCCCc1nc2c(N)nc3ccccc3c2n1CC1CCN(Cc2ccc(CC(=O)NCCCCC3NC(C)C(C)(C4=C\C=C/C=C\C=C/C=C\C=C4)C3=O)cc2)CC1. The van der Waals surface area contributed by atoms with E-state index in [1.54, 1.807) is 0 Å². The van der Waals surface area contributed by atoms with Crippen LogP contribution in [0.15, 0.2) is 121 Å². The Morgan fingerprint density at radius 3 is 2.35 bits per heavy atom. The van der Waals surface area contributed by atoms with Gasteiger partial charge in [-0.2, -0.15) is 0 Å². The number of allylic oxidation sites excluding steroid dienone is 11. The second-order valence-corrected chi connectivity index (χ2v) is 17.0. The van der Waals surface area contributed by atoms with Gasteiger partial charge in [0.25, 0.3) is 0 Å². The maximum absolute atomic E-state index is 13.8. The number of hydrogen-bond acceptors (Lipinski definition) is 7. The van der Waals surface area contributed by atoms with E-state index in [0.717, 1.165) is 116 Å². The Morgan fingerprint density at radius 1 is 0.900 bits per heavy atom. The molecule has 9 heteroatoms. The highest BCUT2D eigenvalue weighted by Gasteiger charge is 2.50. The number of aryl methyl sites for hydroxylation is 1. The number of likely N-dealkylation sites (tertiary alicyclic amines) is 1. The van der Waals surface area contributed by atoms with Crippen LogP contribution < -0.4 is 16.4 Å². The van der Waals surface area contributed by atoms with Gasteiger partial charge in [-0.15, -0.1) is 0 Å². The molecular formula is C51H63N7O2. The standard InChI is InChI=1S/C51H63N7O2/c1-4-5-24-45-56-47-48(42-21-15-16-22-43(42)55-50(47)52)58(45)36-40-29-32-57(33-30-40)35-39-27-25-38(26-28-39)34-46(59)53-31-18-17-23-44-49(60)51(3,37(2)54-44)41-19-13-11-9-7-6-8-10-12-14-20-41/h6-16,19-22,25-28,37,40,44,54H,4-5,17-18,23-24,29-36H2,1-3H3,(H2,52,55)(H,53,59)/b7-6-,8-6?,9-7?,10-8-,11-9-,12-10?,13-11?,14-12-,19-13?,20-14?,41-19?,41-20?. The van der Waals surface area contributed by atoms with Gasteiger partial charge in [-0.3, -0.25) is 14.5 Å². The van der Waals surface area contributed by atoms with Crippen molar-refractivity contribution in [2.24, 2.45) is 11.3 Å². The van der Waals surface area contributed by atoms with E-state index in [4.69, 9.17) is 10.7 Å². The maximum Gasteiger partial charge on any atom is 0.224 e. The van der Waals surface area contributed by atoms with Gasteiger partial charge in [0, 0.05) is 37.5 Å². The number of ketones is 1. The number of unbranched alkanes of at least 4 members (excludes halogenated alkanes) is 2. The van der Waals surface area contributed by atoms with Crippen molar-refractivity contribution < 1.29 is 9.59 Å². The van der Waals surface area contributed by atoms with Gasteiger partial charge in [-0.05, 0) is 94.1 Å². The number of para-hydroxylation sites is 1. The van der Waals surface area contributed by atoms with Crippen LogP contribution >= 0.6 is 0 Å². The number of carbonyl (C=O) groups is 2. The number of nitrogens with two attached hydrogens (primary N) is 1. The average Bonchev–Trinajstić information content (AvgIpc) is 3.71. The molecule has 7 rings (SSSR count). The predicted octanol–water partition coefficient (Wildman–Crippen LogP) is 8.91. The number of hydrogen-bond donors (Lipinski definition) is 3. The van der Waals surface area contributed by atoms with Crippen molar-refractivity contribution in [2.45, 2.75) is 104 Å². The van der Waals surface area contributed by atoms with E-state index in [1.807, 2.05) is 66.8 Å². The van der Waals surface area contributed by atoms with Crippen molar-refractivity contribution in [3.05, 3.63) is 138 Å². The highest BCUT2D eigenvalue weighted by molar-refractivity contribution is 6.06. The number of nitrogen functional groups attached to an aromatic ring is 1. The van der Waals surface area contributed by atoms with E-state index in [-0.39, 0.29) is 23.8 Å². The fraction of sp³-hybridized carbons (Fsp3) is 0.412. The number of carbonyl (C=O) groups excluding carboxylic acids is 2. The molecular weight excluding hydrogens is 743 g/mol. The number of aromatic nitrogens is 3. The fourth-order valence-electron chi connectivity index (χ4n) is 9.08. The van der Waals surface area contributed by atoms with Crippen LogP contribution in [0.1, 0.15) is 82.7 Å². The van der Waals surface area contributed by atoms with Gasteiger partial charge in [0.05, 0.1) is 28.9 Å². The Hall–Kier alpha value is -5.38. The number of nitrogens with one attached hydrogen (secondary N) is 2. The number of nitrogens with zero attached hydrogens (tertiary/aromatic N) is 4. The molecule has 2 fully saturated rings. The first kappa shape index (κ1) is 42.7.